The largest absolute Gasteiger partial charge is 0.388 e. The van der Waals surface area contributed by atoms with Crippen molar-refractivity contribution in [2.24, 2.45) is 12.0 Å². The molecule has 0 spiro atoms. The zero-order valence-corrected chi connectivity index (χ0v) is 16.2. The van der Waals surface area contributed by atoms with Gasteiger partial charge in [0.1, 0.15) is 0 Å². The molecule has 2 rings (SSSR count). The summed E-state index contributed by atoms with van der Waals surface area (Å²) < 4.78 is 7.21. The number of nitrogens with zero attached hydrogens (tertiary/aromatic N) is 4. The lowest BCUT2D eigenvalue weighted by atomic mass is 9.95. The van der Waals surface area contributed by atoms with Crippen LogP contribution in [0.1, 0.15) is 50.8 Å². The minimum Gasteiger partial charge on any atom is -0.388 e. The number of rotatable bonds is 6. The highest BCUT2D eigenvalue weighted by molar-refractivity contribution is 5.79. The number of ether oxygens (including phenoxy) is 1. The van der Waals surface area contributed by atoms with E-state index in [1.165, 1.54) is 5.56 Å². The maximum Gasteiger partial charge on any atom is 0.194 e. The molecule has 142 valence electrons. The van der Waals surface area contributed by atoms with Crippen LogP contribution in [0.25, 0.3) is 0 Å². The summed E-state index contributed by atoms with van der Waals surface area (Å²) in [5.74, 6) is 1.19. The monoisotopic (exact) mass is 351 g/mol. The van der Waals surface area contributed by atoms with Crippen LogP contribution in [0.4, 0.5) is 0 Å². The van der Waals surface area contributed by atoms with Crippen LogP contribution in [-0.2, 0) is 18.3 Å². The molecule has 2 heterocycles. The SMILES string of the molecule is CCNC(=NCC1(O)CCOCC1)N(C)Cc1cn(C)nc1C(C)C. The summed E-state index contributed by atoms with van der Waals surface area (Å²) in [6.45, 7) is 9.49. The minimum atomic E-state index is -0.753. The highest BCUT2D eigenvalue weighted by atomic mass is 16.5. The number of aliphatic hydroxyl groups is 1. The molecule has 0 bridgehead atoms. The third kappa shape index (κ3) is 5.44. The number of aryl methyl sites for hydroxylation is 1. The minimum absolute atomic E-state index is 0.382. The molecule has 25 heavy (non-hydrogen) atoms. The number of hydrogen-bond donors (Lipinski definition) is 2. The molecule has 0 aromatic carbocycles. The van der Waals surface area contributed by atoms with Crippen molar-refractivity contribution < 1.29 is 9.84 Å². The van der Waals surface area contributed by atoms with Crippen LogP contribution < -0.4 is 5.32 Å². The predicted molar refractivity (Wildman–Crippen MR) is 99.7 cm³/mol. The van der Waals surface area contributed by atoms with Gasteiger partial charge in [0.2, 0.25) is 0 Å². The fourth-order valence-corrected chi connectivity index (χ4v) is 3.09. The number of aromatic nitrogens is 2. The average Bonchev–Trinajstić information content (AvgIpc) is 2.92. The Bertz CT molecular complexity index is 576. The number of aliphatic imine (C=N–C) groups is 1. The van der Waals surface area contributed by atoms with E-state index in [-0.39, 0.29) is 0 Å². The second-order valence-electron chi connectivity index (χ2n) is 7.23. The number of guanidine groups is 1. The van der Waals surface area contributed by atoms with E-state index in [9.17, 15) is 5.11 Å². The third-order valence-electron chi connectivity index (χ3n) is 4.53. The Hall–Kier alpha value is -1.60. The maximum absolute atomic E-state index is 10.6. The fourth-order valence-electron chi connectivity index (χ4n) is 3.09. The first kappa shape index (κ1) is 19.7. The van der Waals surface area contributed by atoms with Crippen LogP contribution in [0.5, 0.6) is 0 Å². The van der Waals surface area contributed by atoms with Crippen molar-refractivity contribution >= 4 is 5.96 Å². The first-order valence-corrected chi connectivity index (χ1v) is 9.16. The molecule has 2 N–H and O–H groups in total. The van der Waals surface area contributed by atoms with Gasteiger partial charge < -0.3 is 20.1 Å². The van der Waals surface area contributed by atoms with E-state index in [1.807, 2.05) is 18.8 Å². The van der Waals surface area contributed by atoms with Crippen molar-refractivity contribution in [3.05, 3.63) is 17.5 Å². The molecule has 7 nitrogen and oxygen atoms in total. The smallest absolute Gasteiger partial charge is 0.194 e. The Labute approximate surface area is 151 Å². The molecular weight excluding hydrogens is 318 g/mol. The van der Waals surface area contributed by atoms with Crippen LogP contribution in [0.2, 0.25) is 0 Å². The fraction of sp³-hybridized carbons (Fsp3) is 0.778. The summed E-state index contributed by atoms with van der Waals surface area (Å²) in [5.41, 5.74) is 1.57. The number of hydrogen-bond acceptors (Lipinski definition) is 4. The van der Waals surface area contributed by atoms with Gasteiger partial charge in [-0.25, -0.2) is 0 Å². The summed E-state index contributed by atoms with van der Waals surface area (Å²) in [4.78, 5) is 6.78. The first-order valence-electron chi connectivity index (χ1n) is 9.16. The second kappa shape index (κ2) is 8.67. The zero-order valence-electron chi connectivity index (χ0n) is 16.2. The molecule has 7 heteroatoms. The predicted octanol–water partition coefficient (Wildman–Crippen LogP) is 1.48. The van der Waals surface area contributed by atoms with Gasteiger partial charge in [-0.1, -0.05) is 13.8 Å². The lowest BCUT2D eigenvalue weighted by molar-refractivity contribution is -0.0566. The van der Waals surface area contributed by atoms with Crippen LogP contribution in [0, 0.1) is 0 Å². The molecule has 0 unspecified atom stereocenters. The molecule has 1 aliphatic rings. The van der Waals surface area contributed by atoms with E-state index in [0.29, 0.717) is 38.5 Å². The number of nitrogens with one attached hydrogen (secondary N) is 1. The van der Waals surface area contributed by atoms with E-state index in [0.717, 1.165) is 24.7 Å². The standard InChI is InChI=1S/C18H33N5O2/c1-6-19-17(20-13-18(24)7-9-25-10-8-18)22(4)11-15-12-23(5)21-16(15)14(2)3/h12,14,24H,6-11,13H2,1-5H3,(H,19,20). The molecule has 0 atom stereocenters. The van der Waals surface area contributed by atoms with Gasteiger partial charge in [-0.05, 0) is 12.8 Å². The van der Waals surface area contributed by atoms with Crippen molar-refractivity contribution in [2.75, 3.05) is 33.4 Å². The van der Waals surface area contributed by atoms with Crippen molar-refractivity contribution in [2.45, 2.75) is 51.7 Å². The molecule has 1 aliphatic heterocycles. The Balaban J connectivity index is 2.09. The van der Waals surface area contributed by atoms with Crippen LogP contribution in [0.3, 0.4) is 0 Å². The van der Waals surface area contributed by atoms with Crippen molar-refractivity contribution in [1.82, 2.24) is 20.0 Å². The van der Waals surface area contributed by atoms with Gasteiger partial charge in [-0.15, -0.1) is 0 Å². The Morgan fingerprint density at radius 3 is 2.76 bits per heavy atom. The van der Waals surface area contributed by atoms with Gasteiger partial charge in [0.25, 0.3) is 0 Å². The van der Waals surface area contributed by atoms with E-state index < -0.39 is 5.60 Å². The lowest BCUT2D eigenvalue weighted by Gasteiger charge is -2.31. The Morgan fingerprint density at radius 1 is 1.48 bits per heavy atom. The molecular formula is C18H33N5O2. The summed E-state index contributed by atoms with van der Waals surface area (Å²) in [6, 6.07) is 0. The van der Waals surface area contributed by atoms with Crippen LogP contribution in [-0.4, -0.2) is 64.7 Å². The Morgan fingerprint density at radius 2 is 2.16 bits per heavy atom. The van der Waals surface area contributed by atoms with Gasteiger partial charge in [-0.3, -0.25) is 9.67 Å². The highest BCUT2D eigenvalue weighted by Crippen LogP contribution is 2.21. The van der Waals surface area contributed by atoms with Gasteiger partial charge in [0.05, 0.1) is 17.8 Å². The molecule has 1 aromatic rings. The molecule has 1 fully saturated rings. The zero-order chi connectivity index (χ0) is 18.4. The summed E-state index contributed by atoms with van der Waals surface area (Å²) in [5, 5.41) is 18.5. The summed E-state index contributed by atoms with van der Waals surface area (Å²) in [6.07, 6.45) is 3.35. The molecule has 0 saturated carbocycles. The van der Waals surface area contributed by atoms with Crippen LogP contribution >= 0.6 is 0 Å². The van der Waals surface area contributed by atoms with Gasteiger partial charge in [0, 0.05) is 65.0 Å². The topological polar surface area (TPSA) is 74.9 Å². The molecule has 0 radical (unpaired) electrons. The van der Waals surface area contributed by atoms with Gasteiger partial charge in [-0.2, -0.15) is 5.10 Å². The average molecular weight is 351 g/mol. The van der Waals surface area contributed by atoms with Gasteiger partial charge in [0.15, 0.2) is 5.96 Å². The second-order valence-corrected chi connectivity index (χ2v) is 7.23. The van der Waals surface area contributed by atoms with E-state index in [4.69, 9.17) is 4.74 Å². The molecule has 0 aliphatic carbocycles. The summed E-state index contributed by atoms with van der Waals surface area (Å²) >= 11 is 0. The maximum atomic E-state index is 10.6. The quantitative estimate of drug-likeness (QED) is 0.600. The van der Waals surface area contributed by atoms with Crippen molar-refractivity contribution in [1.29, 1.82) is 0 Å². The van der Waals surface area contributed by atoms with E-state index >= 15 is 0 Å². The van der Waals surface area contributed by atoms with E-state index in [2.05, 4.69) is 47.3 Å². The Kier molecular flexibility index (Phi) is 6.84. The lowest BCUT2D eigenvalue weighted by Crippen LogP contribution is -2.43. The van der Waals surface area contributed by atoms with Crippen molar-refractivity contribution in [3.8, 4) is 0 Å². The third-order valence-corrected chi connectivity index (χ3v) is 4.53. The van der Waals surface area contributed by atoms with Crippen molar-refractivity contribution in [3.63, 3.8) is 0 Å². The first-order chi connectivity index (χ1) is 11.8. The van der Waals surface area contributed by atoms with Crippen LogP contribution in [0.15, 0.2) is 11.2 Å². The molecule has 0 amide bonds. The normalized spacial score (nSPS) is 17.8. The van der Waals surface area contributed by atoms with Gasteiger partial charge >= 0.3 is 0 Å². The molecule has 1 saturated heterocycles. The highest BCUT2D eigenvalue weighted by Gasteiger charge is 2.29. The van der Waals surface area contributed by atoms with E-state index in [1.54, 1.807) is 0 Å². The summed E-state index contributed by atoms with van der Waals surface area (Å²) in [7, 11) is 3.97. The molecule has 1 aromatic heterocycles.